The minimum Gasteiger partial charge on any atom is -0.381 e. The first-order chi connectivity index (χ1) is 8.09. The van der Waals surface area contributed by atoms with Gasteiger partial charge in [-0.15, -0.1) is 11.6 Å². The van der Waals surface area contributed by atoms with Gasteiger partial charge in [0.2, 0.25) is 0 Å². The lowest BCUT2D eigenvalue weighted by Crippen LogP contribution is -2.21. The van der Waals surface area contributed by atoms with Crippen molar-refractivity contribution in [1.82, 2.24) is 9.78 Å². The Labute approximate surface area is 108 Å². The SMILES string of the molecule is Cc1nn(CC2CCOCC2)c(C)c1C(C)Cl. The summed E-state index contributed by atoms with van der Waals surface area (Å²) in [4.78, 5) is 0. The Morgan fingerprint density at radius 1 is 1.41 bits per heavy atom. The summed E-state index contributed by atoms with van der Waals surface area (Å²) in [7, 11) is 0. The fraction of sp³-hybridized carbons (Fsp3) is 0.769. The highest BCUT2D eigenvalue weighted by molar-refractivity contribution is 6.20. The monoisotopic (exact) mass is 256 g/mol. The summed E-state index contributed by atoms with van der Waals surface area (Å²) in [6.07, 6.45) is 2.29. The number of ether oxygens (including phenoxy) is 1. The number of alkyl halides is 1. The maximum absolute atomic E-state index is 6.20. The van der Waals surface area contributed by atoms with Crippen molar-refractivity contribution >= 4 is 11.6 Å². The third kappa shape index (κ3) is 2.83. The van der Waals surface area contributed by atoms with Crippen LogP contribution in [-0.2, 0) is 11.3 Å². The second-order valence-electron chi connectivity index (χ2n) is 4.94. The summed E-state index contributed by atoms with van der Waals surface area (Å²) in [5.41, 5.74) is 3.48. The Morgan fingerprint density at radius 2 is 2.06 bits per heavy atom. The van der Waals surface area contributed by atoms with E-state index in [-0.39, 0.29) is 5.38 Å². The molecule has 1 saturated heterocycles. The van der Waals surface area contributed by atoms with E-state index in [1.54, 1.807) is 0 Å². The Balaban J connectivity index is 2.13. The summed E-state index contributed by atoms with van der Waals surface area (Å²) in [6.45, 7) is 8.96. The van der Waals surface area contributed by atoms with E-state index in [1.807, 2.05) is 13.8 Å². The average Bonchev–Trinajstić information content (AvgIpc) is 2.55. The summed E-state index contributed by atoms with van der Waals surface area (Å²) >= 11 is 6.20. The Bertz CT molecular complexity index is 381. The van der Waals surface area contributed by atoms with Crippen LogP contribution in [-0.4, -0.2) is 23.0 Å². The number of aryl methyl sites for hydroxylation is 1. The van der Waals surface area contributed by atoms with Crippen LogP contribution in [0.3, 0.4) is 0 Å². The maximum atomic E-state index is 6.20. The Hall–Kier alpha value is -0.540. The molecular formula is C13H21ClN2O. The molecule has 1 atom stereocenters. The van der Waals surface area contributed by atoms with Crippen molar-refractivity contribution < 1.29 is 4.74 Å². The first-order valence-corrected chi connectivity index (χ1v) is 6.79. The van der Waals surface area contributed by atoms with Gasteiger partial charge in [0.15, 0.2) is 0 Å². The van der Waals surface area contributed by atoms with E-state index in [9.17, 15) is 0 Å². The predicted molar refractivity (Wildman–Crippen MR) is 69.5 cm³/mol. The van der Waals surface area contributed by atoms with E-state index in [0.29, 0.717) is 5.92 Å². The van der Waals surface area contributed by atoms with Crippen LogP contribution in [0.25, 0.3) is 0 Å². The number of nitrogens with zero attached hydrogens (tertiary/aromatic N) is 2. The van der Waals surface area contributed by atoms with Crippen LogP contribution in [0, 0.1) is 19.8 Å². The van der Waals surface area contributed by atoms with Crippen molar-refractivity contribution in [3.8, 4) is 0 Å². The van der Waals surface area contributed by atoms with Crippen LogP contribution in [0.2, 0.25) is 0 Å². The molecule has 0 aliphatic carbocycles. The highest BCUT2D eigenvalue weighted by Crippen LogP contribution is 2.27. The van der Waals surface area contributed by atoms with Gasteiger partial charge >= 0.3 is 0 Å². The van der Waals surface area contributed by atoms with Crippen molar-refractivity contribution in [2.24, 2.45) is 5.92 Å². The fourth-order valence-corrected chi connectivity index (χ4v) is 2.95. The molecule has 0 bridgehead atoms. The smallest absolute Gasteiger partial charge is 0.0643 e. The molecule has 1 aromatic rings. The molecule has 0 spiro atoms. The number of aromatic nitrogens is 2. The quantitative estimate of drug-likeness (QED) is 0.777. The van der Waals surface area contributed by atoms with Crippen LogP contribution in [0.4, 0.5) is 0 Å². The van der Waals surface area contributed by atoms with E-state index in [2.05, 4.69) is 16.7 Å². The summed E-state index contributed by atoms with van der Waals surface area (Å²) in [5.74, 6) is 0.695. The minimum atomic E-state index is 0.0402. The van der Waals surface area contributed by atoms with Crippen LogP contribution in [0.1, 0.15) is 42.1 Å². The van der Waals surface area contributed by atoms with E-state index in [0.717, 1.165) is 38.3 Å². The van der Waals surface area contributed by atoms with Gasteiger partial charge in [0, 0.05) is 31.0 Å². The highest BCUT2D eigenvalue weighted by Gasteiger charge is 2.19. The number of hydrogen-bond acceptors (Lipinski definition) is 2. The number of rotatable bonds is 3. The first kappa shape index (κ1) is 12.9. The van der Waals surface area contributed by atoms with Crippen LogP contribution >= 0.6 is 11.6 Å². The van der Waals surface area contributed by atoms with Gasteiger partial charge in [0.1, 0.15) is 0 Å². The first-order valence-electron chi connectivity index (χ1n) is 6.35. The van der Waals surface area contributed by atoms with Gasteiger partial charge in [-0.1, -0.05) is 0 Å². The van der Waals surface area contributed by atoms with Gasteiger partial charge in [0.25, 0.3) is 0 Å². The zero-order valence-electron chi connectivity index (χ0n) is 10.9. The summed E-state index contributed by atoms with van der Waals surface area (Å²) < 4.78 is 7.51. The fourth-order valence-electron chi connectivity index (χ4n) is 2.64. The lowest BCUT2D eigenvalue weighted by Gasteiger charge is -2.22. The number of halogens is 1. The molecule has 1 unspecified atom stereocenters. The van der Waals surface area contributed by atoms with E-state index in [1.165, 1.54) is 11.3 Å². The number of hydrogen-bond donors (Lipinski definition) is 0. The molecule has 1 fully saturated rings. The third-order valence-corrected chi connectivity index (χ3v) is 3.83. The molecule has 2 heterocycles. The topological polar surface area (TPSA) is 27.1 Å². The third-order valence-electron chi connectivity index (χ3n) is 3.61. The molecular weight excluding hydrogens is 236 g/mol. The van der Waals surface area contributed by atoms with Crippen molar-refractivity contribution in [2.45, 2.75) is 45.5 Å². The molecule has 0 radical (unpaired) electrons. The zero-order valence-corrected chi connectivity index (χ0v) is 11.6. The maximum Gasteiger partial charge on any atom is 0.0643 e. The van der Waals surface area contributed by atoms with Crippen molar-refractivity contribution in [1.29, 1.82) is 0 Å². The molecule has 0 saturated carbocycles. The van der Waals surface area contributed by atoms with Crippen molar-refractivity contribution in [2.75, 3.05) is 13.2 Å². The normalized spacial score (nSPS) is 19.5. The molecule has 1 aliphatic rings. The molecule has 2 rings (SSSR count). The average molecular weight is 257 g/mol. The molecule has 1 aliphatic heterocycles. The predicted octanol–water partition coefficient (Wildman–Crippen LogP) is 3.23. The summed E-state index contributed by atoms with van der Waals surface area (Å²) in [6, 6.07) is 0. The van der Waals surface area contributed by atoms with E-state index >= 15 is 0 Å². The Kier molecular flexibility index (Phi) is 4.10. The Morgan fingerprint density at radius 3 is 2.59 bits per heavy atom. The van der Waals surface area contributed by atoms with E-state index < -0.39 is 0 Å². The lowest BCUT2D eigenvalue weighted by molar-refractivity contribution is 0.0599. The van der Waals surface area contributed by atoms with Crippen LogP contribution in [0.5, 0.6) is 0 Å². The standard InChI is InChI=1S/C13H21ClN2O/c1-9(14)13-10(2)15-16(11(13)3)8-12-4-6-17-7-5-12/h9,12H,4-8H2,1-3H3. The van der Waals surface area contributed by atoms with E-state index in [4.69, 9.17) is 16.3 Å². The lowest BCUT2D eigenvalue weighted by atomic mass is 10.0. The van der Waals surface area contributed by atoms with Crippen molar-refractivity contribution in [3.63, 3.8) is 0 Å². The summed E-state index contributed by atoms with van der Waals surface area (Å²) in [5, 5.41) is 4.66. The van der Waals surface area contributed by atoms with Gasteiger partial charge in [-0.25, -0.2) is 0 Å². The van der Waals surface area contributed by atoms with Crippen LogP contribution < -0.4 is 0 Å². The molecule has 4 heteroatoms. The van der Waals surface area contributed by atoms with Crippen molar-refractivity contribution in [3.05, 3.63) is 17.0 Å². The van der Waals surface area contributed by atoms with Gasteiger partial charge in [0.05, 0.1) is 11.1 Å². The van der Waals surface area contributed by atoms with Crippen LogP contribution in [0.15, 0.2) is 0 Å². The molecule has 17 heavy (non-hydrogen) atoms. The van der Waals surface area contributed by atoms with Gasteiger partial charge in [-0.05, 0) is 39.5 Å². The minimum absolute atomic E-state index is 0.0402. The zero-order chi connectivity index (χ0) is 12.4. The van der Waals surface area contributed by atoms with Gasteiger partial charge < -0.3 is 4.74 Å². The second-order valence-corrected chi connectivity index (χ2v) is 5.59. The molecule has 3 nitrogen and oxygen atoms in total. The molecule has 0 N–H and O–H groups in total. The van der Waals surface area contributed by atoms with Gasteiger partial charge in [-0.2, -0.15) is 5.10 Å². The van der Waals surface area contributed by atoms with Gasteiger partial charge in [-0.3, -0.25) is 4.68 Å². The molecule has 0 amide bonds. The second kappa shape index (κ2) is 5.40. The largest absolute Gasteiger partial charge is 0.381 e. The molecule has 1 aromatic heterocycles. The highest BCUT2D eigenvalue weighted by atomic mass is 35.5. The molecule has 96 valence electrons. The molecule has 0 aromatic carbocycles.